The van der Waals surface area contributed by atoms with Crippen molar-refractivity contribution in [2.45, 2.75) is 19.8 Å². The molecule has 1 aliphatic heterocycles. The van der Waals surface area contributed by atoms with Crippen LogP contribution in [0.4, 0.5) is 11.4 Å². The number of ether oxygens (including phenoxy) is 4. The number of amides is 2. The van der Waals surface area contributed by atoms with E-state index >= 15 is 0 Å². The molecule has 0 spiro atoms. The van der Waals surface area contributed by atoms with Gasteiger partial charge in [-0.15, -0.1) is 0 Å². The minimum atomic E-state index is -0.712. The van der Waals surface area contributed by atoms with Gasteiger partial charge in [0.25, 0.3) is 5.91 Å². The Morgan fingerprint density at radius 3 is 2.43 bits per heavy atom. The van der Waals surface area contributed by atoms with Crippen LogP contribution in [0.3, 0.4) is 0 Å². The van der Waals surface area contributed by atoms with Crippen LogP contribution in [0.2, 0.25) is 0 Å². The molecule has 3 rings (SSSR count). The van der Waals surface area contributed by atoms with Crippen LogP contribution >= 0.6 is 0 Å². The summed E-state index contributed by atoms with van der Waals surface area (Å²) in [5.74, 6) is -1.65. The van der Waals surface area contributed by atoms with Crippen molar-refractivity contribution < 1.29 is 38.1 Å². The molecule has 1 heterocycles. The fourth-order valence-corrected chi connectivity index (χ4v) is 3.52. The monoisotopic (exact) mass is 484 g/mol. The quantitative estimate of drug-likeness (QED) is 0.511. The maximum Gasteiger partial charge on any atom is 0.338 e. The van der Waals surface area contributed by atoms with Gasteiger partial charge in [0.1, 0.15) is 11.5 Å². The molecule has 1 saturated heterocycles. The summed E-state index contributed by atoms with van der Waals surface area (Å²) in [6.45, 7) is 1.84. The van der Waals surface area contributed by atoms with E-state index in [1.807, 2.05) is 6.92 Å². The highest BCUT2D eigenvalue weighted by Crippen LogP contribution is 2.29. The van der Waals surface area contributed by atoms with Gasteiger partial charge in [0.05, 0.1) is 38.0 Å². The van der Waals surface area contributed by atoms with Crippen LogP contribution in [0.5, 0.6) is 11.5 Å². The highest BCUT2D eigenvalue weighted by Gasteiger charge is 2.36. The zero-order chi connectivity index (χ0) is 25.4. The van der Waals surface area contributed by atoms with Crippen LogP contribution in [0.15, 0.2) is 42.5 Å². The summed E-state index contributed by atoms with van der Waals surface area (Å²) in [5.41, 5.74) is 1.31. The molecule has 10 nitrogen and oxygen atoms in total. The number of methoxy groups -OCH3 is 2. The number of carbonyl (C=O) groups excluding carboxylic acids is 4. The largest absolute Gasteiger partial charge is 0.497 e. The zero-order valence-corrected chi connectivity index (χ0v) is 19.9. The van der Waals surface area contributed by atoms with E-state index in [2.05, 4.69) is 5.32 Å². The predicted octanol–water partition coefficient (Wildman–Crippen LogP) is 2.81. The summed E-state index contributed by atoms with van der Waals surface area (Å²) in [7, 11) is 2.96. The minimum absolute atomic E-state index is 0.0372. The van der Waals surface area contributed by atoms with Crippen LogP contribution in [-0.2, 0) is 23.9 Å². The Kier molecular flexibility index (Phi) is 8.66. The van der Waals surface area contributed by atoms with Gasteiger partial charge in [0.2, 0.25) is 5.91 Å². The average molecular weight is 485 g/mol. The Hall–Kier alpha value is -4.08. The van der Waals surface area contributed by atoms with E-state index in [0.29, 0.717) is 35.0 Å². The lowest BCUT2D eigenvalue weighted by Crippen LogP contribution is -2.28. The van der Waals surface area contributed by atoms with Crippen molar-refractivity contribution in [2.24, 2.45) is 5.92 Å². The van der Waals surface area contributed by atoms with Crippen LogP contribution in [0.1, 0.15) is 30.1 Å². The third kappa shape index (κ3) is 6.50. The van der Waals surface area contributed by atoms with Crippen molar-refractivity contribution in [1.82, 2.24) is 0 Å². The third-order valence-electron chi connectivity index (χ3n) is 5.34. The Morgan fingerprint density at radius 1 is 1.03 bits per heavy atom. The van der Waals surface area contributed by atoms with Gasteiger partial charge in [0.15, 0.2) is 6.61 Å². The van der Waals surface area contributed by atoms with Crippen LogP contribution in [-0.4, -0.2) is 57.7 Å². The van der Waals surface area contributed by atoms with E-state index in [1.54, 1.807) is 42.5 Å². The number of anilines is 2. The van der Waals surface area contributed by atoms with Crippen molar-refractivity contribution in [1.29, 1.82) is 0 Å². The van der Waals surface area contributed by atoms with Gasteiger partial charge in [-0.05, 0) is 42.8 Å². The number of hydrogen-bond acceptors (Lipinski definition) is 8. The van der Waals surface area contributed by atoms with E-state index in [-0.39, 0.29) is 18.9 Å². The van der Waals surface area contributed by atoms with Crippen LogP contribution in [0.25, 0.3) is 0 Å². The summed E-state index contributed by atoms with van der Waals surface area (Å²) in [4.78, 5) is 50.7. The number of benzene rings is 2. The molecular formula is C25H28N2O8. The molecule has 0 aromatic heterocycles. The van der Waals surface area contributed by atoms with E-state index in [0.717, 1.165) is 6.42 Å². The lowest BCUT2D eigenvalue weighted by Gasteiger charge is -2.17. The Morgan fingerprint density at radius 2 is 1.77 bits per heavy atom. The number of rotatable bonds is 10. The van der Waals surface area contributed by atoms with Crippen LogP contribution in [0, 0.1) is 5.92 Å². The summed E-state index contributed by atoms with van der Waals surface area (Å²) in [6.07, 6.45) is 0.685. The summed E-state index contributed by atoms with van der Waals surface area (Å²) in [5, 5.41) is 2.62. The van der Waals surface area contributed by atoms with Gasteiger partial charge >= 0.3 is 11.9 Å². The van der Waals surface area contributed by atoms with Gasteiger partial charge < -0.3 is 29.2 Å². The Bertz CT molecular complexity index is 1080. The van der Waals surface area contributed by atoms with E-state index in [1.165, 1.54) is 19.1 Å². The molecule has 1 atom stereocenters. The van der Waals surface area contributed by atoms with Crippen molar-refractivity contribution in [3.63, 3.8) is 0 Å². The first-order chi connectivity index (χ1) is 16.9. The SMILES string of the molecule is CCCOC(=O)c1ccc(N2C[C@@H](C(=O)OCC(=O)Nc3cc(OC)ccc3OC)CC2=O)cc1. The second kappa shape index (κ2) is 11.9. The maximum atomic E-state index is 12.5. The highest BCUT2D eigenvalue weighted by atomic mass is 16.5. The smallest absolute Gasteiger partial charge is 0.338 e. The molecule has 0 saturated carbocycles. The topological polar surface area (TPSA) is 120 Å². The van der Waals surface area contributed by atoms with Crippen LogP contribution < -0.4 is 19.7 Å². The second-order valence-corrected chi connectivity index (χ2v) is 7.81. The highest BCUT2D eigenvalue weighted by molar-refractivity contribution is 6.00. The third-order valence-corrected chi connectivity index (χ3v) is 5.34. The fraction of sp³-hybridized carbons (Fsp3) is 0.360. The molecule has 2 amide bonds. The van der Waals surface area contributed by atoms with E-state index in [4.69, 9.17) is 18.9 Å². The molecule has 2 aromatic carbocycles. The lowest BCUT2D eigenvalue weighted by molar-refractivity contribution is -0.151. The molecular weight excluding hydrogens is 456 g/mol. The van der Waals surface area contributed by atoms with Crippen molar-refractivity contribution in [3.05, 3.63) is 48.0 Å². The molecule has 1 aliphatic rings. The molecule has 1 fully saturated rings. The van der Waals surface area contributed by atoms with Crippen molar-refractivity contribution in [3.8, 4) is 11.5 Å². The molecule has 1 N–H and O–H groups in total. The Labute approximate surface area is 203 Å². The summed E-state index contributed by atoms with van der Waals surface area (Å²) >= 11 is 0. The first kappa shape index (κ1) is 25.5. The molecule has 2 aromatic rings. The standard InChI is InChI=1S/C25H28N2O8/c1-4-11-34-24(30)16-5-7-18(8-6-16)27-14-17(12-23(27)29)25(31)35-15-22(28)26-20-13-19(32-2)9-10-21(20)33-3/h5-10,13,17H,4,11-12,14-15H2,1-3H3,(H,26,28)/t17-/m0/s1. The molecule has 186 valence electrons. The minimum Gasteiger partial charge on any atom is -0.497 e. The second-order valence-electron chi connectivity index (χ2n) is 7.81. The van der Waals surface area contributed by atoms with Crippen molar-refractivity contribution >= 4 is 35.1 Å². The van der Waals surface area contributed by atoms with Gasteiger partial charge in [-0.1, -0.05) is 6.92 Å². The molecule has 0 aliphatic carbocycles. The molecule has 35 heavy (non-hydrogen) atoms. The number of nitrogens with zero attached hydrogens (tertiary/aromatic N) is 1. The Balaban J connectivity index is 1.54. The predicted molar refractivity (Wildman–Crippen MR) is 127 cm³/mol. The molecule has 10 heteroatoms. The van der Waals surface area contributed by atoms with E-state index < -0.39 is 30.4 Å². The number of hydrogen-bond donors (Lipinski definition) is 1. The molecule has 0 unspecified atom stereocenters. The van der Waals surface area contributed by atoms with Crippen molar-refractivity contribution in [2.75, 3.05) is 44.2 Å². The zero-order valence-electron chi connectivity index (χ0n) is 19.9. The summed E-state index contributed by atoms with van der Waals surface area (Å²) < 4.78 is 20.6. The summed E-state index contributed by atoms with van der Waals surface area (Å²) in [6, 6.07) is 11.3. The first-order valence-electron chi connectivity index (χ1n) is 11.1. The van der Waals surface area contributed by atoms with E-state index in [9.17, 15) is 19.2 Å². The number of carbonyl (C=O) groups is 4. The normalized spacial score (nSPS) is 14.9. The molecule has 0 bridgehead atoms. The van der Waals surface area contributed by atoms with Gasteiger partial charge in [0, 0.05) is 24.7 Å². The first-order valence-corrected chi connectivity index (χ1v) is 11.1. The number of nitrogens with one attached hydrogen (secondary N) is 1. The number of esters is 2. The van der Waals surface area contributed by atoms with Gasteiger partial charge in [-0.2, -0.15) is 0 Å². The maximum absolute atomic E-state index is 12.5. The lowest BCUT2D eigenvalue weighted by atomic mass is 10.1. The van der Waals surface area contributed by atoms with Gasteiger partial charge in [-0.3, -0.25) is 14.4 Å². The molecule has 0 radical (unpaired) electrons. The van der Waals surface area contributed by atoms with Gasteiger partial charge in [-0.25, -0.2) is 4.79 Å². The fourth-order valence-electron chi connectivity index (χ4n) is 3.52. The average Bonchev–Trinajstić information content (AvgIpc) is 3.27.